The van der Waals surface area contributed by atoms with Crippen molar-refractivity contribution in [2.75, 3.05) is 26.2 Å². The number of benzene rings is 1. The van der Waals surface area contributed by atoms with E-state index in [4.69, 9.17) is 27.9 Å². The molecule has 0 atom stereocenters. The van der Waals surface area contributed by atoms with Crippen molar-refractivity contribution in [1.29, 1.82) is 0 Å². The van der Waals surface area contributed by atoms with Gasteiger partial charge in [-0.15, -0.1) is 0 Å². The Hall–Kier alpha value is -0.860. The number of carbonyl (C=O) groups excluding carboxylic acids is 1. The lowest BCUT2D eigenvalue weighted by Gasteiger charge is -2.30. The van der Waals surface area contributed by atoms with Crippen molar-refractivity contribution in [3.63, 3.8) is 0 Å². The van der Waals surface area contributed by atoms with Crippen LogP contribution in [-0.2, 0) is 19.6 Å². The van der Waals surface area contributed by atoms with Crippen LogP contribution in [-0.4, -0.2) is 51.0 Å². The second kappa shape index (κ2) is 10.1. The van der Waals surface area contributed by atoms with Crippen LogP contribution >= 0.6 is 23.2 Å². The number of hydrogen-bond acceptors (Lipinski definition) is 4. The van der Waals surface area contributed by atoms with Crippen LogP contribution in [0.15, 0.2) is 23.1 Å². The molecule has 0 bridgehead atoms. The van der Waals surface area contributed by atoms with Crippen molar-refractivity contribution < 1.29 is 17.9 Å². The minimum absolute atomic E-state index is 0.00437. The van der Waals surface area contributed by atoms with Crippen LogP contribution < -0.4 is 5.32 Å². The summed E-state index contributed by atoms with van der Waals surface area (Å²) in [5.74, 6) is -0.213. The first-order valence-corrected chi connectivity index (χ1v) is 11.3. The topological polar surface area (TPSA) is 75.7 Å². The van der Waals surface area contributed by atoms with Crippen molar-refractivity contribution in [3.8, 4) is 0 Å². The number of ether oxygens (including phenoxy) is 1. The number of amides is 1. The number of carbonyl (C=O) groups is 1. The molecule has 1 heterocycles. The van der Waals surface area contributed by atoms with E-state index in [1.54, 1.807) is 6.07 Å². The lowest BCUT2D eigenvalue weighted by atomic mass is 9.97. The third-order valence-electron chi connectivity index (χ3n) is 4.41. The van der Waals surface area contributed by atoms with Crippen LogP contribution in [0.2, 0.25) is 10.0 Å². The Bertz CT molecular complexity index is 748. The van der Waals surface area contributed by atoms with Gasteiger partial charge in [0.05, 0.1) is 11.1 Å². The summed E-state index contributed by atoms with van der Waals surface area (Å²) in [6, 6.07) is 4.38. The zero-order chi connectivity index (χ0) is 20.0. The summed E-state index contributed by atoms with van der Waals surface area (Å²) in [7, 11) is -3.73. The van der Waals surface area contributed by atoms with Crippen LogP contribution in [0.25, 0.3) is 0 Å². The maximum Gasteiger partial charge on any atom is 0.244 e. The number of hydrogen-bond donors (Lipinski definition) is 1. The fourth-order valence-corrected chi connectivity index (χ4v) is 5.13. The molecule has 9 heteroatoms. The monoisotopic (exact) mass is 436 g/mol. The summed E-state index contributed by atoms with van der Waals surface area (Å²) in [6.45, 7) is 5.66. The molecule has 1 N–H and O–H groups in total. The van der Waals surface area contributed by atoms with Gasteiger partial charge in [0.1, 0.15) is 4.90 Å². The normalized spacial score (nSPS) is 16.6. The van der Waals surface area contributed by atoms with Crippen molar-refractivity contribution >= 4 is 39.1 Å². The molecule has 27 heavy (non-hydrogen) atoms. The maximum atomic E-state index is 12.8. The standard InChI is InChI=1S/C18H26Cl2N2O4S/c1-13(2)26-11-3-8-21-18(23)14-6-9-22(10-7-14)27(24,25)17-12-15(19)4-5-16(17)20/h4-5,12-14H,3,6-11H2,1-2H3,(H,21,23). The molecule has 0 aliphatic carbocycles. The molecule has 0 radical (unpaired) electrons. The maximum absolute atomic E-state index is 12.8. The number of sulfonamides is 1. The van der Waals surface area contributed by atoms with E-state index in [-0.39, 0.29) is 40.9 Å². The lowest BCUT2D eigenvalue weighted by Crippen LogP contribution is -2.43. The molecule has 0 spiro atoms. The molecular weight excluding hydrogens is 411 g/mol. The van der Waals surface area contributed by atoms with Crippen molar-refractivity contribution in [1.82, 2.24) is 9.62 Å². The summed E-state index contributed by atoms with van der Waals surface area (Å²) in [5.41, 5.74) is 0. The Labute approximate surface area is 171 Å². The molecule has 152 valence electrons. The Balaban J connectivity index is 1.85. The average Bonchev–Trinajstić information content (AvgIpc) is 2.63. The van der Waals surface area contributed by atoms with E-state index in [0.717, 1.165) is 6.42 Å². The van der Waals surface area contributed by atoms with Gasteiger partial charge in [-0.3, -0.25) is 4.79 Å². The highest BCUT2D eigenvalue weighted by Gasteiger charge is 2.33. The Morgan fingerprint density at radius 2 is 1.96 bits per heavy atom. The summed E-state index contributed by atoms with van der Waals surface area (Å²) < 4.78 is 32.4. The van der Waals surface area contributed by atoms with E-state index >= 15 is 0 Å². The van der Waals surface area contributed by atoms with Crippen molar-refractivity contribution in [3.05, 3.63) is 28.2 Å². The minimum Gasteiger partial charge on any atom is -0.379 e. The van der Waals surface area contributed by atoms with Gasteiger partial charge in [0.25, 0.3) is 0 Å². The van der Waals surface area contributed by atoms with Gasteiger partial charge in [0.2, 0.25) is 15.9 Å². The van der Waals surface area contributed by atoms with Gasteiger partial charge < -0.3 is 10.1 Å². The predicted molar refractivity (Wildman–Crippen MR) is 107 cm³/mol. The first-order valence-electron chi connectivity index (χ1n) is 9.06. The highest BCUT2D eigenvalue weighted by atomic mass is 35.5. The van der Waals surface area contributed by atoms with Gasteiger partial charge in [-0.1, -0.05) is 23.2 Å². The molecule has 0 aromatic heterocycles. The molecule has 0 saturated carbocycles. The predicted octanol–water partition coefficient (Wildman–Crippen LogP) is 3.33. The third kappa shape index (κ3) is 6.32. The second-order valence-electron chi connectivity index (χ2n) is 6.82. The summed E-state index contributed by atoms with van der Waals surface area (Å²) in [5, 5.41) is 3.36. The largest absolute Gasteiger partial charge is 0.379 e. The van der Waals surface area contributed by atoms with Crippen molar-refractivity contribution in [2.45, 2.75) is 44.1 Å². The van der Waals surface area contributed by atoms with Gasteiger partial charge >= 0.3 is 0 Å². The quantitative estimate of drug-likeness (QED) is 0.633. The van der Waals surface area contributed by atoms with Gasteiger partial charge in [-0.25, -0.2) is 8.42 Å². The number of halogens is 2. The van der Waals surface area contributed by atoms with Crippen LogP contribution in [0.4, 0.5) is 0 Å². The molecule has 1 aliphatic rings. The SMILES string of the molecule is CC(C)OCCCNC(=O)C1CCN(S(=O)(=O)c2cc(Cl)ccc2Cl)CC1. The van der Waals surface area contributed by atoms with E-state index in [0.29, 0.717) is 31.0 Å². The Morgan fingerprint density at radius 1 is 1.30 bits per heavy atom. The Kier molecular flexibility index (Phi) is 8.37. The highest BCUT2D eigenvalue weighted by molar-refractivity contribution is 7.89. The fourth-order valence-electron chi connectivity index (χ4n) is 2.92. The molecule has 0 unspecified atom stereocenters. The number of nitrogens with one attached hydrogen (secondary N) is 1. The van der Waals surface area contributed by atoms with E-state index in [9.17, 15) is 13.2 Å². The molecule has 6 nitrogen and oxygen atoms in total. The highest BCUT2D eigenvalue weighted by Crippen LogP contribution is 2.30. The number of nitrogens with zero attached hydrogens (tertiary/aromatic N) is 1. The molecule has 1 aromatic rings. The van der Waals surface area contributed by atoms with E-state index in [2.05, 4.69) is 5.32 Å². The van der Waals surface area contributed by atoms with E-state index < -0.39 is 10.0 Å². The second-order valence-corrected chi connectivity index (χ2v) is 9.57. The van der Waals surface area contributed by atoms with Crippen LogP contribution in [0.1, 0.15) is 33.1 Å². The fraction of sp³-hybridized carbons (Fsp3) is 0.611. The van der Waals surface area contributed by atoms with E-state index in [1.807, 2.05) is 13.8 Å². The van der Waals surface area contributed by atoms with Crippen LogP contribution in [0.3, 0.4) is 0 Å². The molecule has 2 rings (SSSR count). The molecule has 1 aliphatic heterocycles. The molecule has 1 fully saturated rings. The smallest absolute Gasteiger partial charge is 0.244 e. The van der Waals surface area contributed by atoms with Gasteiger partial charge in [-0.2, -0.15) is 4.31 Å². The zero-order valence-electron chi connectivity index (χ0n) is 15.6. The molecular formula is C18H26Cl2N2O4S. The van der Waals surface area contributed by atoms with Gasteiger partial charge in [-0.05, 0) is 51.3 Å². The summed E-state index contributed by atoms with van der Waals surface area (Å²) in [4.78, 5) is 12.3. The van der Waals surface area contributed by atoms with Crippen LogP contribution in [0, 0.1) is 5.92 Å². The summed E-state index contributed by atoms with van der Waals surface area (Å²) in [6.07, 6.45) is 1.89. The minimum atomic E-state index is -3.73. The molecule has 1 amide bonds. The first kappa shape index (κ1) is 22.4. The third-order valence-corrected chi connectivity index (χ3v) is 7.02. The Morgan fingerprint density at radius 3 is 2.59 bits per heavy atom. The first-order chi connectivity index (χ1) is 12.7. The summed E-state index contributed by atoms with van der Waals surface area (Å²) >= 11 is 12.0. The van der Waals surface area contributed by atoms with Crippen LogP contribution in [0.5, 0.6) is 0 Å². The number of rotatable bonds is 8. The lowest BCUT2D eigenvalue weighted by molar-refractivity contribution is -0.126. The number of piperidine rings is 1. The average molecular weight is 437 g/mol. The zero-order valence-corrected chi connectivity index (χ0v) is 17.9. The van der Waals surface area contributed by atoms with Gasteiger partial charge in [0, 0.05) is 37.2 Å². The van der Waals surface area contributed by atoms with Gasteiger partial charge in [0.15, 0.2) is 0 Å². The van der Waals surface area contributed by atoms with Crippen molar-refractivity contribution in [2.24, 2.45) is 5.92 Å². The van der Waals surface area contributed by atoms with E-state index in [1.165, 1.54) is 16.4 Å². The molecule has 1 saturated heterocycles. The molecule has 1 aromatic carbocycles.